The number of carbonyl (C=O) groups is 1. The Morgan fingerprint density at radius 3 is 2.83 bits per heavy atom. The Morgan fingerprint density at radius 1 is 1.39 bits per heavy atom. The van der Waals surface area contributed by atoms with Gasteiger partial charge in [0, 0.05) is 35.4 Å². The fourth-order valence-corrected chi connectivity index (χ4v) is 4.02. The smallest absolute Gasteiger partial charge is 0.254 e. The predicted octanol–water partition coefficient (Wildman–Crippen LogP) is 4.13. The lowest BCUT2D eigenvalue weighted by Gasteiger charge is -2.32. The number of piperidine rings is 1. The summed E-state index contributed by atoms with van der Waals surface area (Å²) in [5.74, 6) is 1.03. The second kappa shape index (κ2) is 7.41. The number of benzene rings is 1. The molecule has 2 heterocycles. The number of thioether (sulfide) groups is 1. The molecule has 1 aromatic carbocycles. The molecule has 0 saturated carbocycles. The molecule has 1 aromatic heterocycles. The Morgan fingerprint density at radius 2 is 2.17 bits per heavy atom. The van der Waals surface area contributed by atoms with Gasteiger partial charge in [0.25, 0.3) is 5.91 Å². The van der Waals surface area contributed by atoms with E-state index < -0.39 is 0 Å². The number of carbonyl (C=O) groups excluding carboxylic acids is 1. The highest BCUT2D eigenvalue weighted by Crippen LogP contribution is 2.29. The number of likely N-dealkylation sites (tertiary alicyclic amines) is 1. The molecule has 1 aliphatic rings. The summed E-state index contributed by atoms with van der Waals surface area (Å²) in [6.07, 6.45) is 5.69. The van der Waals surface area contributed by atoms with Crippen LogP contribution in [0.2, 0.25) is 5.02 Å². The molecule has 1 fully saturated rings. The van der Waals surface area contributed by atoms with E-state index in [9.17, 15) is 4.79 Å². The molecule has 0 unspecified atom stereocenters. The fraction of sp³-hybridized carbons (Fsp3) is 0.412. The third-order valence-electron chi connectivity index (χ3n) is 4.12. The Labute approximate surface area is 145 Å². The minimum Gasteiger partial charge on any atom is -0.338 e. The van der Waals surface area contributed by atoms with Crippen LogP contribution < -0.4 is 0 Å². The van der Waals surface area contributed by atoms with Gasteiger partial charge in [-0.05, 0) is 42.9 Å². The minimum atomic E-state index is 0.108. The van der Waals surface area contributed by atoms with E-state index in [0.717, 1.165) is 42.1 Å². The standard InChI is InChI=1S/C17H20ClN3OS/c1-2-23-16-12-13(18)4-5-15(16)17(22)20-10-6-14(7-11-20)21-9-3-8-19-21/h3-5,8-9,12,14H,2,6-7,10-11H2,1H3. The number of hydrogen-bond acceptors (Lipinski definition) is 3. The summed E-state index contributed by atoms with van der Waals surface area (Å²) in [6.45, 7) is 3.61. The summed E-state index contributed by atoms with van der Waals surface area (Å²) in [4.78, 5) is 15.8. The molecule has 0 atom stereocenters. The maximum atomic E-state index is 12.8. The van der Waals surface area contributed by atoms with Crippen LogP contribution in [0.5, 0.6) is 0 Å². The van der Waals surface area contributed by atoms with Crippen molar-refractivity contribution in [1.29, 1.82) is 0 Å². The van der Waals surface area contributed by atoms with E-state index in [-0.39, 0.29) is 5.91 Å². The lowest BCUT2D eigenvalue weighted by atomic mass is 10.0. The molecule has 3 rings (SSSR count). The second-order valence-corrected chi connectivity index (χ2v) is 7.33. The van der Waals surface area contributed by atoms with Crippen molar-refractivity contribution in [2.24, 2.45) is 0 Å². The molecule has 0 radical (unpaired) electrons. The molecule has 0 N–H and O–H groups in total. The quantitative estimate of drug-likeness (QED) is 0.779. The van der Waals surface area contributed by atoms with E-state index in [1.54, 1.807) is 24.0 Å². The first kappa shape index (κ1) is 16.4. The fourth-order valence-electron chi connectivity index (χ4n) is 2.95. The van der Waals surface area contributed by atoms with Gasteiger partial charge in [-0.2, -0.15) is 5.10 Å². The Kier molecular flexibility index (Phi) is 5.28. The van der Waals surface area contributed by atoms with Crippen molar-refractivity contribution in [3.05, 3.63) is 47.2 Å². The maximum absolute atomic E-state index is 12.8. The second-order valence-electron chi connectivity index (χ2n) is 5.58. The Balaban J connectivity index is 1.70. The number of aromatic nitrogens is 2. The molecule has 0 spiro atoms. The van der Waals surface area contributed by atoms with Crippen LogP contribution >= 0.6 is 23.4 Å². The molecule has 6 heteroatoms. The molecular formula is C17H20ClN3OS. The van der Waals surface area contributed by atoms with Gasteiger partial charge in [-0.15, -0.1) is 11.8 Å². The number of halogens is 1. The summed E-state index contributed by atoms with van der Waals surface area (Å²) in [5, 5.41) is 4.99. The lowest BCUT2D eigenvalue weighted by Crippen LogP contribution is -2.39. The topological polar surface area (TPSA) is 38.1 Å². The highest BCUT2D eigenvalue weighted by atomic mass is 35.5. The van der Waals surface area contributed by atoms with Gasteiger partial charge in [-0.1, -0.05) is 18.5 Å². The van der Waals surface area contributed by atoms with Gasteiger partial charge in [0.05, 0.1) is 11.6 Å². The highest BCUT2D eigenvalue weighted by Gasteiger charge is 2.26. The van der Waals surface area contributed by atoms with E-state index >= 15 is 0 Å². The first-order valence-corrected chi connectivity index (χ1v) is 9.26. The molecule has 1 amide bonds. The maximum Gasteiger partial charge on any atom is 0.254 e. The summed E-state index contributed by atoms with van der Waals surface area (Å²) >= 11 is 7.73. The predicted molar refractivity (Wildman–Crippen MR) is 94.3 cm³/mol. The molecule has 122 valence electrons. The lowest BCUT2D eigenvalue weighted by molar-refractivity contribution is 0.0686. The van der Waals surface area contributed by atoms with Crippen LogP contribution in [-0.4, -0.2) is 39.4 Å². The van der Waals surface area contributed by atoms with E-state index in [1.807, 2.05) is 34.0 Å². The average Bonchev–Trinajstić information content (AvgIpc) is 3.09. The molecule has 1 aliphatic heterocycles. The summed E-state index contributed by atoms with van der Waals surface area (Å²) in [7, 11) is 0. The number of nitrogens with zero attached hydrogens (tertiary/aromatic N) is 3. The monoisotopic (exact) mass is 349 g/mol. The van der Waals surface area contributed by atoms with Crippen LogP contribution in [0.1, 0.15) is 36.2 Å². The summed E-state index contributed by atoms with van der Waals surface area (Å²) in [6, 6.07) is 7.87. The van der Waals surface area contributed by atoms with Gasteiger partial charge in [0.1, 0.15) is 0 Å². The zero-order chi connectivity index (χ0) is 16.2. The average molecular weight is 350 g/mol. The molecular weight excluding hydrogens is 330 g/mol. The minimum absolute atomic E-state index is 0.108. The van der Waals surface area contributed by atoms with Crippen molar-refractivity contribution >= 4 is 29.3 Å². The van der Waals surface area contributed by atoms with Crippen molar-refractivity contribution in [2.45, 2.75) is 30.7 Å². The van der Waals surface area contributed by atoms with Gasteiger partial charge < -0.3 is 4.90 Å². The zero-order valence-electron chi connectivity index (χ0n) is 13.1. The van der Waals surface area contributed by atoms with Crippen molar-refractivity contribution in [3.63, 3.8) is 0 Å². The Bertz CT molecular complexity index is 666. The molecule has 23 heavy (non-hydrogen) atoms. The number of rotatable bonds is 4. The van der Waals surface area contributed by atoms with Crippen molar-refractivity contribution < 1.29 is 4.79 Å². The van der Waals surface area contributed by atoms with Crippen molar-refractivity contribution in [3.8, 4) is 0 Å². The third-order valence-corrected chi connectivity index (χ3v) is 5.30. The van der Waals surface area contributed by atoms with Gasteiger partial charge in [-0.25, -0.2) is 0 Å². The van der Waals surface area contributed by atoms with E-state index in [1.165, 1.54) is 0 Å². The van der Waals surface area contributed by atoms with E-state index in [4.69, 9.17) is 11.6 Å². The number of amides is 1. The van der Waals surface area contributed by atoms with Crippen molar-refractivity contribution in [1.82, 2.24) is 14.7 Å². The van der Waals surface area contributed by atoms with Gasteiger partial charge >= 0.3 is 0 Å². The SMILES string of the molecule is CCSc1cc(Cl)ccc1C(=O)N1CCC(n2cccn2)CC1. The summed E-state index contributed by atoms with van der Waals surface area (Å²) < 4.78 is 2.00. The third kappa shape index (κ3) is 3.72. The van der Waals surface area contributed by atoms with E-state index in [0.29, 0.717) is 11.1 Å². The van der Waals surface area contributed by atoms with Crippen LogP contribution in [0.25, 0.3) is 0 Å². The van der Waals surface area contributed by atoms with Gasteiger partial charge in [0.2, 0.25) is 0 Å². The molecule has 0 aliphatic carbocycles. The molecule has 4 nitrogen and oxygen atoms in total. The largest absolute Gasteiger partial charge is 0.338 e. The first-order chi connectivity index (χ1) is 11.2. The van der Waals surface area contributed by atoms with Crippen LogP contribution in [0.15, 0.2) is 41.6 Å². The normalized spacial score (nSPS) is 15.8. The summed E-state index contributed by atoms with van der Waals surface area (Å²) in [5.41, 5.74) is 0.763. The van der Waals surface area contributed by atoms with Crippen LogP contribution in [0.4, 0.5) is 0 Å². The van der Waals surface area contributed by atoms with Gasteiger partial charge in [0.15, 0.2) is 0 Å². The van der Waals surface area contributed by atoms with E-state index in [2.05, 4.69) is 12.0 Å². The molecule has 2 aromatic rings. The molecule has 0 bridgehead atoms. The van der Waals surface area contributed by atoms with Gasteiger partial charge in [-0.3, -0.25) is 9.48 Å². The molecule has 1 saturated heterocycles. The highest BCUT2D eigenvalue weighted by molar-refractivity contribution is 7.99. The first-order valence-electron chi connectivity index (χ1n) is 7.89. The van der Waals surface area contributed by atoms with Crippen LogP contribution in [0, 0.1) is 0 Å². The Hall–Kier alpha value is -1.46. The number of hydrogen-bond donors (Lipinski definition) is 0. The van der Waals surface area contributed by atoms with Crippen LogP contribution in [0.3, 0.4) is 0 Å². The van der Waals surface area contributed by atoms with Crippen molar-refractivity contribution in [2.75, 3.05) is 18.8 Å². The zero-order valence-corrected chi connectivity index (χ0v) is 14.7. The van der Waals surface area contributed by atoms with Crippen LogP contribution in [-0.2, 0) is 0 Å².